The monoisotopic (exact) mass is 273 g/mol. The first kappa shape index (κ1) is 9.75. The summed E-state index contributed by atoms with van der Waals surface area (Å²) in [5, 5.41) is 0. The summed E-state index contributed by atoms with van der Waals surface area (Å²) in [4.78, 5) is 3.95. The molecule has 0 fully saturated rings. The van der Waals surface area contributed by atoms with Crippen LogP contribution < -0.4 is 0 Å². The molecule has 0 saturated heterocycles. The summed E-state index contributed by atoms with van der Waals surface area (Å²) >= 11 is 2.33. The summed E-state index contributed by atoms with van der Waals surface area (Å²) < 4.78 is 1.24. The van der Waals surface area contributed by atoms with Crippen LogP contribution in [0.1, 0.15) is 20.8 Å². The maximum Gasteiger partial charge on any atom is 0.0378 e. The predicted molar refractivity (Wildman–Crippen MR) is 61.6 cm³/mol. The molecule has 0 unspecified atom stereocenters. The zero-order chi connectivity index (χ0) is 9.19. The van der Waals surface area contributed by atoms with Crippen molar-refractivity contribution < 1.29 is 0 Å². The Hall–Kier alpha value is -0.340. The van der Waals surface area contributed by atoms with Gasteiger partial charge in [0.2, 0.25) is 0 Å². The molecule has 0 radical (unpaired) electrons. The van der Waals surface area contributed by atoms with Gasteiger partial charge in [0.05, 0.1) is 0 Å². The highest BCUT2D eigenvalue weighted by Gasteiger charge is 2.17. The molecule has 0 bridgehead atoms. The highest BCUT2D eigenvalue weighted by atomic mass is 127. The smallest absolute Gasteiger partial charge is 0.0378 e. The van der Waals surface area contributed by atoms with E-state index in [-0.39, 0.29) is 5.41 Å². The Bertz CT molecular complexity index is 296. The van der Waals surface area contributed by atoms with E-state index >= 15 is 0 Å². The quantitative estimate of drug-likeness (QED) is 0.599. The minimum atomic E-state index is 0.174. The van der Waals surface area contributed by atoms with Gasteiger partial charge in [0, 0.05) is 15.9 Å². The van der Waals surface area contributed by atoms with Crippen molar-refractivity contribution >= 4 is 28.5 Å². The van der Waals surface area contributed by atoms with Gasteiger partial charge in [-0.15, -0.1) is 0 Å². The molecule has 1 aliphatic rings. The van der Waals surface area contributed by atoms with Gasteiger partial charge in [-0.05, 0) is 45.5 Å². The molecule has 12 heavy (non-hydrogen) atoms. The molecule has 0 aromatic carbocycles. The average Bonchev–Trinajstić information content (AvgIpc) is 2.11. The maximum atomic E-state index is 3.95. The normalized spacial score (nSPS) is 17.0. The van der Waals surface area contributed by atoms with E-state index in [4.69, 9.17) is 0 Å². The Morgan fingerprint density at radius 3 is 2.67 bits per heavy atom. The van der Waals surface area contributed by atoms with Crippen LogP contribution in [0.4, 0.5) is 0 Å². The lowest BCUT2D eigenvalue weighted by molar-refractivity contribution is 0.517. The fraction of sp³-hybridized carbons (Fsp3) is 0.400. The second kappa shape index (κ2) is 3.58. The van der Waals surface area contributed by atoms with Gasteiger partial charge >= 0.3 is 0 Å². The van der Waals surface area contributed by atoms with Crippen LogP contribution in [-0.4, -0.2) is 5.87 Å². The molecule has 64 valence electrons. The van der Waals surface area contributed by atoms with Crippen LogP contribution in [0.3, 0.4) is 0 Å². The highest BCUT2D eigenvalue weighted by Crippen LogP contribution is 2.32. The second-order valence-electron chi connectivity index (χ2n) is 3.73. The molecule has 2 heteroatoms. The van der Waals surface area contributed by atoms with Crippen LogP contribution in [0.25, 0.3) is 0 Å². The van der Waals surface area contributed by atoms with Gasteiger partial charge < -0.3 is 0 Å². The standard InChI is InChI=1S/C10H12IN/c1-10(2,3)8-4-6-12-7-5-9(8)11/h4-5,7H,1-3H3. The summed E-state index contributed by atoms with van der Waals surface area (Å²) in [6.07, 6.45) is 5.75. The molecular formula is C10H12IN. The molecule has 0 N–H and O–H groups in total. The number of halogens is 1. The highest BCUT2D eigenvalue weighted by molar-refractivity contribution is 14.1. The summed E-state index contributed by atoms with van der Waals surface area (Å²) in [5.74, 6) is 2.88. The third-order valence-electron chi connectivity index (χ3n) is 1.64. The van der Waals surface area contributed by atoms with Crippen LogP contribution in [0.2, 0.25) is 0 Å². The summed E-state index contributed by atoms with van der Waals surface area (Å²) in [6, 6.07) is 0. The van der Waals surface area contributed by atoms with Gasteiger partial charge in [-0.3, -0.25) is 0 Å². The number of rotatable bonds is 0. The molecule has 0 saturated carbocycles. The van der Waals surface area contributed by atoms with Crippen molar-refractivity contribution in [2.24, 2.45) is 10.4 Å². The first-order valence-electron chi connectivity index (χ1n) is 3.87. The van der Waals surface area contributed by atoms with Gasteiger partial charge in [-0.2, -0.15) is 0 Å². The molecular weight excluding hydrogens is 261 g/mol. The van der Waals surface area contributed by atoms with E-state index < -0.39 is 0 Å². The van der Waals surface area contributed by atoms with Crippen LogP contribution in [0.5, 0.6) is 0 Å². The van der Waals surface area contributed by atoms with E-state index in [2.05, 4.69) is 54.2 Å². The third-order valence-corrected chi connectivity index (χ3v) is 2.58. The van der Waals surface area contributed by atoms with Crippen molar-refractivity contribution in [1.29, 1.82) is 0 Å². The summed E-state index contributed by atoms with van der Waals surface area (Å²) in [5.41, 5.74) is 1.47. The number of hydrogen-bond acceptors (Lipinski definition) is 1. The van der Waals surface area contributed by atoms with Crippen molar-refractivity contribution in [3.05, 3.63) is 27.5 Å². The molecule has 0 aromatic heterocycles. The molecule has 0 spiro atoms. The van der Waals surface area contributed by atoms with E-state index in [9.17, 15) is 0 Å². The molecule has 0 aromatic rings. The molecule has 1 heterocycles. The lowest BCUT2D eigenvalue weighted by atomic mass is 9.86. The fourth-order valence-corrected chi connectivity index (χ4v) is 2.11. The SMILES string of the molecule is CC(C)(C)C1=C(I)C=CN=C=C1. The Labute approximate surface area is 87.1 Å². The molecule has 1 rings (SSSR count). The van der Waals surface area contributed by atoms with Crippen LogP contribution >= 0.6 is 22.6 Å². The molecule has 1 nitrogen and oxygen atoms in total. The number of hydrogen-bond donors (Lipinski definition) is 0. The minimum absolute atomic E-state index is 0.174. The summed E-state index contributed by atoms with van der Waals surface area (Å²) in [6.45, 7) is 6.58. The maximum absolute atomic E-state index is 3.95. The topological polar surface area (TPSA) is 12.4 Å². The van der Waals surface area contributed by atoms with Gasteiger partial charge in [0.15, 0.2) is 0 Å². The lowest BCUT2D eigenvalue weighted by Gasteiger charge is -2.20. The van der Waals surface area contributed by atoms with E-state index in [1.54, 1.807) is 6.20 Å². The first-order valence-corrected chi connectivity index (χ1v) is 4.95. The van der Waals surface area contributed by atoms with Gasteiger partial charge in [0.1, 0.15) is 0 Å². The van der Waals surface area contributed by atoms with Crippen molar-refractivity contribution in [1.82, 2.24) is 0 Å². The Kier molecular flexibility index (Phi) is 2.91. The van der Waals surface area contributed by atoms with Crippen molar-refractivity contribution in [2.45, 2.75) is 20.8 Å². The van der Waals surface area contributed by atoms with Crippen molar-refractivity contribution in [2.75, 3.05) is 0 Å². The number of aliphatic imine (C=N–C) groups is 1. The molecule has 1 aliphatic heterocycles. The second-order valence-corrected chi connectivity index (χ2v) is 4.89. The van der Waals surface area contributed by atoms with Crippen LogP contribution in [-0.2, 0) is 0 Å². The third kappa shape index (κ3) is 2.32. The number of allylic oxidation sites excluding steroid dienone is 4. The van der Waals surface area contributed by atoms with Crippen LogP contribution in [0.15, 0.2) is 32.5 Å². The predicted octanol–water partition coefficient (Wildman–Crippen LogP) is 3.47. The average molecular weight is 273 g/mol. The van der Waals surface area contributed by atoms with Crippen LogP contribution in [0, 0.1) is 5.41 Å². The minimum Gasteiger partial charge on any atom is -0.214 e. The van der Waals surface area contributed by atoms with Crippen molar-refractivity contribution in [3.63, 3.8) is 0 Å². The molecule has 0 atom stereocenters. The largest absolute Gasteiger partial charge is 0.214 e. The van der Waals surface area contributed by atoms with E-state index in [0.717, 1.165) is 0 Å². The van der Waals surface area contributed by atoms with Crippen molar-refractivity contribution in [3.8, 4) is 0 Å². The Balaban J connectivity index is 3.17. The van der Waals surface area contributed by atoms with Gasteiger partial charge in [-0.1, -0.05) is 20.8 Å². The number of nitrogens with zero attached hydrogens (tertiary/aromatic N) is 1. The van der Waals surface area contributed by atoms with Gasteiger partial charge in [-0.25, -0.2) is 4.99 Å². The zero-order valence-corrected chi connectivity index (χ0v) is 9.71. The summed E-state index contributed by atoms with van der Waals surface area (Å²) in [7, 11) is 0. The van der Waals surface area contributed by atoms with Gasteiger partial charge in [0.25, 0.3) is 0 Å². The Morgan fingerprint density at radius 2 is 2.08 bits per heavy atom. The zero-order valence-electron chi connectivity index (χ0n) is 7.56. The van der Waals surface area contributed by atoms with E-state index in [0.29, 0.717) is 0 Å². The molecule has 0 aliphatic carbocycles. The Morgan fingerprint density at radius 1 is 1.42 bits per heavy atom. The lowest BCUT2D eigenvalue weighted by Crippen LogP contribution is -2.08. The first-order chi connectivity index (χ1) is 5.52. The van der Waals surface area contributed by atoms with E-state index in [1.165, 1.54) is 9.15 Å². The fourth-order valence-electron chi connectivity index (χ4n) is 0.981. The molecule has 0 amide bonds. The van der Waals surface area contributed by atoms with E-state index in [1.807, 2.05) is 12.2 Å².